The first kappa shape index (κ1) is 15.7. The topological polar surface area (TPSA) is 17.0 Å². The van der Waals surface area contributed by atoms with Gasteiger partial charge in [0.05, 0.1) is 11.1 Å². The van der Waals surface area contributed by atoms with Crippen LogP contribution in [0.2, 0.25) is 0 Å². The molecule has 0 unspecified atom stereocenters. The minimum Gasteiger partial charge on any atom is -0.456 e. The van der Waals surface area contributed by atoms with Crippen LogP contribution in [0.5, 0.6) is 0 Å². The van der Waals surface area contributed by atoms with Crippen LogP contribution in [0.1, 0.15) is 24.9 Å². The smallest absolute Gasteiger partial charge is 0.220 e. The zero-order valence-corrected chi connectivity index (χ0v) is 19.6. The van der Waals surface area contributed by atoms with E-state index in [1.54, 1.807) is 12.1 Å². The Morgan fingerprint density at radius 2 is 1.46 bits per heavy atom. The van der Waals surface area contributed by atoms with E-state index in [9.17, 15) is 0 Å². The third kappa shape index (κ3) is 3.45. The molecule has 2 nitrogen and oxygen atoms in total. The molecule has 0 aliphatic carbocycles. The maximum Gasteiger partial charge on any atom is 0.220 e. The number of aromatic nitrogens is 1. The number of fused-ring (bicyclic) bond motifs is 3. The summed E-state index contributed by atoms with van der Waals surface area (Å²) in [7, 11) is 1.89. The van der Waals surface area contributed by atoms with Crippen molar-refractivity contribution >= 4 is 21.9 Å². The van der Waals surface area contributed by atoms with Gasteiger partial charge in [-0.25, -0.2) is 4.57 Å². The van der Waals surface area contributed by atoms with Gasteiger partial charge in [-0.2, -0.15) is 0 Å². The third-order valence-corrected chi connectivity index (χ3v) is 6.75. The number of furan rings is 1. The van der Waals surface area contributed by atoms with Gasteiger partial charge in [-0.3, -0.25) is 0 Å². The van der Waals surface area contributed by atoms with Gasteiger partial charge >= 0.3 is 0 Å². The van der Waals surface area contributed by atoms with Crippen LogP contribution in [0, 0.1) is 20.6 Å². The summed E-state index contributed by atoms with van der Waals surface area (Å²) in [5, 5.41) is 1.96. The first-order valence-electron chi connectivity index (χ1n) is 14.6. The van der Waals surface area contributed by atoms with E-state index in [0.29, 0.717) is 11.1 Å². The Morgan fingerprint density at radius 3 is 2.23 bits per heavy atom. The van der Waals surface area contributed by atoms with Gasteiger partial charge < -0.3 is 4.42 Å². The Bertz CT molecular complexity index is 1900. The van der Waals surface area contributed by atoms with E-state index in [4.69, 9.17) is 12.6 Å². The highest BCUT2D eigenvalue weighted by Crippen LogP contribution is 2.40. The molecule has 2 heterocycles. The lowest BCUT2D eigenvalue weighted by molar-refractivity contribution is -0.660. The normalized spacial score (nSPS) is 14.7. The Morgan fingerprint density at radius 1 is 0.714 bits per heavy atom. The average molecular weight is 461 g/mol. The second-order valence-electron chi connectivity index (χ2n) is 8.90. The molecule has 0 radical (unpaired) electrons. The molecule has 6 rings (SSSR count). The molecule has 4 aromatic carbocycles. The number of rotatable bonds is 3. The van der Waals surface area contributed by atoms with Crippen LogP contribution in [-0.4, -0.2) is 0 Å². The van der Waals surface area contributed by atoms with Crippen molar-refractivity contribution in [3.8, 4) is 33.5 Å². The Hall–Kier alpha value is -4.17. The zero-order chi connectivity index (χ0) is 29.1. The third-order valence-electron chi connectivity index (χ3n) is 6.75. The number of hydrogen-bond acceptors (Lipinski definition) is 1. The molecule has 0 aliphatic heterocycles. The van der Waals surface area contributed by atoms with Crippen LogP contribution in [0.25, 0.3) is 55.4 Å². The predicted molar refractivity (Wildman–Crippen MR) is 145 cm³/mol. The number of aryl methyl sites for hydroxylation is 4. The molecule has 0 saturated carbocycles. The average Bonchev–Trinajstić information content (AvgIpc) is 3.32. The molecule has 0 N–H and O–H groups in total. The van der Waals surface area contributed by atoms with Crippen molar-refractivity contribution in [3.63, 3.8) is 0 Å². The van der Waals surface area contributed by atoms with Crippen LogP contribution in [0.3, 0.4) is 0 Å². The summed E-state index contributed by atoms with van der Waals surface area (Å²) in [6.45, 7) is -3.11. The molecule has 2 aromatic heterocycles. The van der Waals surface area contributed by atoms with Crippen molar-refractivity contribution < 1.29 is 17.2 Å². The van der Waals surface area contributed by atoms with Crippen LogP contribution in [0.4, 0.5) is 0 Å². The van der Waals surface area contributed by atoms with Gasteiger partial charge in [0.2, 0.25) is 5.69 Å². The summed E-state index contributed by atoms with van der Waals surface area (Å²) in [5.74, 6) is 0. The summed E-state index contributed by atoms with van der Waals surface area (Å²) in [4.78, 5) is 0. The van der Waals surface area contributed by atoms with Crippen LogP contribution < -0.4 is 4.57 Å². The van der Waals surface area contributed by atoms with Crippen molar-refractivity contribution in [1.82, 2.24) is 0 Å². The molecule has 0 aliphatic rings. The second-order valence-corrected chi connectivity index (χ2v) is 8.90. The van der Waals surface area contributed by atoms with Crippen molar-refractivity contribution in [2.75, 3.05) is 0 Å². The van der Waals surface area contributed by atoms with E-state index in [1.807, 2.05) is 104 Å². The molecule has 35 heavy (non-hydrogen) atoms. The summed E-state index contributed by atoms with van der Waals surface area (Å²) in [6.07, 6.45) is 1.89. The van der Waals surface area contributed by atoms with Gasteiger partial charge in [0.1, 0.15) is 18.2 Å². The van der Waals surface area contributed by atoms with E-state index in [-0.39, 0.29) is 16.7 Å². The fourth-order valence-electron chi connectivity index (χ4n) is 5.12. The standard InChI is InChI=1S/C33H28NO/c1-21-19-25(24-11-6-5-7-12-24)20-22(2)31(21)28-14-10-18-34(4)33(28)26-16-17-30-32(23(26)3)27-13-8-9-15-29(27)35-30/h5-20H,1-4H3/q+1/i1D3,2D3. The number of hydrogen-bond donors (Lipinski definition) is 0. The molecular formula is C33H28NO+. The Balaban J connectivity index is 1.71. The summed E-state index contributed by atoms with van der Waals surface area (Å²) in [6, 6.07) is 27.9. The largest absolute Gasteiger partial charge is 0.456 e. The van der Waals surface area contributed by atoms with Crippen molar-refractivity contribution in [2.45, 2.75) is 20.6 Å². The number of pyridine rings is 1. The van der Waals surface area contributed by atoms with E-state index < -0.39 is 13.7 Å². The molecule has 0 saturated heterocycles. The van der Waals surface area contributed by atoms with Gasteiger partial charge in [0.15, 0.2) is 6.20 Å². The van der Waals surface area contributed by atoms with E-state index >= 15 is 0 Å². The van der Waals surface area contributed by atoms with Gasteiger partial charge in [-0.1, -0.05) is 60.7 Å². The molecular weight excluding hydrogens is 426 g/mol. The van der Waals surface area contributed by atoms with E-state index in [2.05, 4.69) is 0 Å². The molecule has 0 fully saturated rings. The van der Waals surface area contributed by atoms with E-state index in [0.717, 1.165) is 44.3 Å². The van der Waals surface area contributed by atoms with Gasteiger partial charge in [-0.05, 0) is 78.3 Å². The molecule has 0 atom stereocenters. The van der Waals surface area contributed by atoms with Crippen molar-refractivity contribution in [2.24, 2.45) is 7.05 Å². The molecule has 0 spiro atoms. The molecule has 2 heteroatoms. The maximum atomic E-state index is 8.50. The van der Waals surface area contributed by atoms with Crippen LogP contribution >= 0.6 is 0 Å². The van der Waals surface area contributed by atoms with Gasteiger partial charge in [0.25, 0.3) is 0 Å². The minimum atomic E-state index is -2.56. The molecule has 170 valence electrons. The molecule has 6 aromatic rings. The highest BCUT2D eigenvalue weighted by molar-refractivity contribution is 6.08. The number of benzene rings is 4. The fraction of sp³-hybridized carbons (Fsp3) is 0.121. The van der Waals surface area contributed by atoms with Gasteiger partial charge in [0, 0.05) is 25.1 Å². The van der Waals surface area contributed by atoms with Gasteiger partial charge in [-0.15, -0.1) is 0 Å². The lowest BCUT2D eigenvalue weighted by Gasteiger charge is -2.16. The Kier molecular flexibility index (Phi) is 3.69. The summed E-state index contributed by atoms with van der Waals surface area (Å²) in [5.41, 5.74) is 6.16. The number of para-hydroxylation sites is 1. The lowest BCUT2D eigenvalue weighted by atomic mass is 9.88. The first-order valence-corrected chi connectivity index (χ1v) is 11.6. The highest BCUT2D eigenvalue weighted by atomic mass is 16.3. The second kappa shape index (κ2) is 8.25. The van der Waals surface area contributed by atoms with E-state index in [1.165, 1.54) is 0 Å². The highest BCUT2D eigenvalue weighted by Gasteiger charge is 2.24. The first-order chi connectivity index (χ1) is 19.4. The minimum absolute atomic E-state index is 0.00456. The Labute approximate surface area is 214 Å². The fourth-order valence-corrected chi connectivity index (χ4v) is 5.12. The van der Waals surface area contributed by atoms with Crippen LogP contribution in [0.15, 0.2) is 102 Å². The predicted octanol–water partition coefficient (Wildman–Crippen LogP) is 8.34. The van der Waals surface area contributed by atoms with Crippen LogP contribution in [-0.2, 0) is 7.05 Å². The molecule has 0 amide bonds. The van der Waals surface area contributed by atoms with Crippen molar-refractivity contribution in [3.05, 3.63) is 114 Å². The zero-order valence-electron chi connectivity index (χ0n) is 25.6. The SMILES string of the molecule is [2H]C([2H])([2H])c1cc(-c2ccccc2)cc(C([2H])([2H])[2H])c1-c1ccc[n+](C)c1-c1ccc2oc3ccccc3c2c1C. The summed E-state index contributed by atoms with van der Waals surface area (Å²) >= 11 is 0. The summed E-state index contributed by atoms with van der Waals surface area (Å²) < 4.78 is 59.0. The maximum absolute atomic E-state index is 8.50. The monoisotopic (exact) mass is 460 g/mol. The number of nitrogens with zero attached hydrogens (tertiary/aromatic N) is 1. The lowest BCUT2D eigenvalue weighted by Crippen LogP contribution is -2.31. The quantitative estimate of drug-likeness (QED) is 0.243. The van der Waals surface area contributed by atoms with Crippen molar-refractivity contribution in [1.29, 1.82) is 0 Å². The molecule has 0 bridgehead atoms.